The normalized spacial score (nSPS) is 14.0. The molecule has 0 fully saturated rings. The lowest BCUT2D eigenvalue weighted by molar-refractivity contribution is -0.115. The van der Waals surface area contributed by atoms with Crippen molar-refractivity contribution < 1.29 is 4.79 Å². The standard InChI is InChI=1S/C16H16N2O/c1-11-6-5-9-14(12(11)2)18-10-16(19)17-13-7-3-4-8-15(13)18/h3-9H,10H2,1-2H3,(H,17,19). The van der Waals surface area contributed by atoms with Crippen molar-refractivity contribution in [2.75, 3.05) is 16.8 Å². The van der Waals surface area contributed by atoms with Gasteiger partial charge >= 0.3 is 0 Å². The van der Waals surface area contributed by atoms with Crippen LogP contribution >= 0.6 is 0 Å². The highest BCUT2D eigenvalue weighted by Crippen LogP contribution is 2.36. The first-order chi connectivity index (χ1) is 9.16. The van der Waals surface area contributed by atoms with Crippen molar-refractivity contribution in [3.8, 4) is 0 Å². The van der Waals surface area contributed by atoms with Crippen LogP contribution in [0, 0.1) is 13.8 Å². The lowest BCUT2D eigenvalue weighted by Crippen LogP contribution is -2.35. The summed E-state index contributed by atoms with van der Waals surface area (Å²) in [5, 5.41) is 2.91. The summed E-state index contributed by atoms with van der Waals surface area (Å²) in [6.45, 7) is 4.55. The second-order valence-corrected chi connectivity index (χ2v) is 4.87. The molecule has 1 aliphatic heterocycles. The van der Waals surface area contributed by atoms with Crippen molar-refractivity contribution >= 4 is 23.0 Å². The summed E-state index contributed by atoms with van der Waals surface area (Å²) < 4.78 is 0. The molecule has 1 N–H and O–H groups in total. The molecule has 96 valence electrons. The van der Waals surface area contributed by atoms with Gasteiger partial charge in [0.05, 0.1) is 11.4 Å². The van der Waals surface area contributed by atoms with Crippen molar-refractivity contribution in [2.45, 2.75) is 13.8 Å². The van der Waals surface area contributed by atoms with Crippen LogP contribution < -0.4 is 10.2 Å². The van der Waals surface area contributed by atoms with E-state index in [9.17, 15) is 4.79 Å². The quantitative estimate of drug-likeness (QED) is 0.843. The molecular formula is C16H16N2O. The van der Waals surface area contributed by atoms with Gasteiger partial charge in [-0.3, -0.25) is 4.79 Å². The minimum Gasteiger partial charge on any atom is -0.330 e. The van der Waals surface area contributed by atoms with Gasteiger partial charge in [-0.1, -0.05) is 24.3 Å². The van der Waals surface area contributed by atoms with E-state index in [1.54, 1.807) is 0 Å². The fourth-order valence-electron chi connectivity index (χ4n) is 2.48. The molecule has 0 aliphatic carbocycles. The zero-order valence-electron chi connectivity index (χ0n) is 11.1. The number of nitrogens with zero attached hydrogens (tertiary/aromatic N) is 1. The molecule has 0 radical (unpaired) electrons. The minimum atomic E-state index is 0.0274. The minimum absolute atomic E-state index is 0.0274. The van der Waals surface area contributed by atoms with Gasteiger partial charge in [-0.05, 0) is 43.2 Å². The van der Waals surface area contributed by atoms with Crippen LogP contribution in [0.4, 0.5) is 17.1 Å². The smallest absolute Gasteiger partial charge is 0.244 e. The fraction of sp³-hybridized carbons (Fsp3) is 0.188. The Labute approximate surface area is 112 Å². The van der Waals surface area contributed by atoms with Gasteiger partial charge in [-0.2, -0.15) is 0 Å². The SMILES string of the molecule is Cc1cccc(N2CC(=O)Nc3ccccc32)c1C. The van der Waals surface area contributed by atoms with Crippen LogP contribution in [0.1, 0.15) is 11.1 Å². The van der Waals surface area contributed by atoms with Gasteiger partial charge in [0.2, 0.25) is 5.91 Å². The third-order valence-corrected chi connectivity index (χ3v) is 3.64. The Hall–Kier alpha value is -2.29. The third kappa shape index (κ3) is 1.97. The van der Waals surface area contributed by atoms with Crippen LogP contribution in [-0.2, 0) is 4.79 Å². The van der Waals surface area contributed by atoms with Crippen molar-refractivity contribution in [3.05, 3.63) is 53.6 Å². The molecule has 19 heavy (non-hydrogen) atoms. The Bertz CT molecular complexity index is 649. The van der Waals surface area contributed by atoms with E-state index in [1.165, 1.54) is 11.1 Å². The molecule has 0 atom stereocenters. The van der Waals surface area contributed by atoms with Gasteiger partial charge < -0.3 is 10.2 Å². The summed E-state index contributed by atoms with van der Waals surface area (Å²) in [6, 6.07) is 14.1. The maximum absolute atomic E-state index is 11.9. The molecule has 0 saturated carbocycles. The van der Waals surface area contributed by atoms with Crippen molar-refractivity contribution in [3.63, 3.8) is 0 Å². The van der Waals surface area contributed by atoms with Crippen LogP contribution in [0.25, 0.3) is 0 Å². The van der Waals surface area contributed by atoms with Crippen LogP contribution in [0.5, 0.6) is 0 Å². The first-order valence-electron chi connectivity index (χ1n) is 6.39. The molecule has 2 aromatic rings. The number of amides is 1. The maximum Gasteiger partial charge on any atom is 0.244 e. The molecule has 0 spiro atoms. The Morgan fingerprint density at radius 3 is 2.58 bits per heavy atom. The second-order valence-electron chi connectivity index (χ2n) is 4.87. The summed E-state index contributed by atoms with van der Waals surface area (Å²) in [6.07, 6.45) is 0. The van der Waals surface area contributed by atoms with Crippen LogP contribution in [0.3, 0.4) is 0 Å². The molecule has 2 aromatic carbocycles. The summed E-state index contributed by atoms with van der Waals surface area (Å²) in [5.41, 5.74) is 5.48. The van der Waals surface area contributed by atoms with E-state index < -0.39 is 0 Å². The number of aryl methyl sites for hydroxylation is 1. The van der Waals surface area contributed by atoms with E-state index in [4.69, 9.17) is 0 Å². The molecule has 0 bridgehead atoms. The van der Waals surface area contributed by atoms with E-state index in [-0.39, 0.29) is 5.91 Å². The highest BCUT2D eigenvalue weighted by atomic mass is 16.2. The number of nitrogens with one attached hydrogen (secondary N) is 1. The van der Waals surface area contributed by atoms with E-state index in [0.717, 1.165) is 17.1 Å². The third-order valence-electron chi connectivity index (χ3n) is 3.64. The number of carbonyl (C=O) groups excluding carboxylic acids is 1. The summed E-state index contributed by atoms with van der Waals surface area (Å²) in [7, 11) is 0. The average molecular weight is 252 g/mol. The van der Waals surface area contributed by atoms with E-state index in [1.807, 2.05) is 30.3 Å². The van der Waals surface area contributed by atoms with Gasteiger partial charge in [-0.25, -0.2) is 0 Å². The topological polar surface area (TPSA) is 32.3 Å². The molecule has 0 saturated heterocycles. The molecule has 0 unspecified atom stereocenters. The van der Waals surface area contributed by atoms with Gasteiger partial charge in [0.15, 0.2) is 0 Å². The number of hydrogen-bond acceptors (Lipinski definition) is 2. The zero-order valence-corrected chi connectivity index (χ0v) is 11.1. The van der Waals surface area contributed by atoms with Gasteiger partial charge in [0, 0.05) is 5.69 Å². The molecule has 0 aromatic heterocycles. The monoisotopic (exact) mass is 252 g/mol. The Balaban J connectivity index is 2.15. The van der Waals surface area contributed by atoms with Crippen LogP contribution in [0.2, 0.25) is 0 Å². The molecule has 1 amide bonds. The average Bonchev–Trinajstić information content (AvgIpc) is 2.41. The number of fused-ring (bicyclic) bond motifs is 1. The number of benzene rings is 2. The molecule has 3 nitrogen and oxygen atoms in total. The van der Waals surface area contributed by atoms with Crippen LogP contribution in [-0.4, -0.2) is 12.5 Å². The molecule has 1 heterocycles. The van der Waals surface area contributed by atoms with Crippen LogP contribution in [0.15, 0.2) is 42.5 Å². The Kier molecular flexibility index (Phi) is 2.75. The van der Waals surface area contributed by atoms with Crippen molar-refractivity contribution in [1.82, 2.24) is 0 Å². The van der Waals surface area contributed by atoms with Crippen molar-refractivity contribution in [2.24, 2.45) is 0 Å². The van der Waals surface area contributed by atoms with E-state index >= 15 is 0 Å². The predicted octanol–water partition coefficient (Wildman–Crippen LogP) is 3.39. The molecule has 3 rings (SSSR count). The molecular weight excluding hydrogens is 236 g/mol. The Morgan fingerprint density at radius 2 is 1.74 bits per heavy atom. The predicted molar refractivity (Wildman–Crippen MR) is 78.0 cm³/mol. The largest absolute Gasteiger partial charge is 0.330 e. The summed E-state index contributed by atoms with van der Waals surface area (Å²) in [5.74, 6) is 0.0274. The highest BCUT2D eigenvalue weighted by Gasteiger charge is 2.23. The number of anilines is 3. The highest BCUT2D eigenvalue weighted by molar-refractivity contribution is 6.03. The number of para-hydroxylation sites is 2. The first-order valence-corrected chi connectivity index (χ1v) is 6.39. The second kappa shape index (κ2) is 4.43. The number of carbonyl (C=O) groups is 1. The first kappa shape index (κ1) is 11.8. The lowest BCUT2D eigenvalue weighted by Gasteiger charge is -2.32. The lowest BCUT2D eigenvalue weighted by atomic mass is 10.1. The fourth-order valence-corrected chi connectivity index (χ4v) is 2.48. The van der Waals surface area contributed by atoms with Gasteiger partial charge in [0.1, 0.15) is 6.54 Å². The van der Waals surface area contributed by atoms with Gasteiger partial charge in [0.25, 0.3) is 0 Å². The maximum atomic E-state index is 11.9. The number of rotatable bonds is 1. The van der Waals surface area contributed by atoms with Crippen molar-refractivity contribution in [1.29, 1.82) is 0 Å². The Morgan fingerprint density at radius 1 is 1.00 bits per heavy atom. The molecule has 1 aliphatic rings. The van der Waals surface area contributed by atoms with E-state index in [0.29, 0.717) is 6.54 Å². The van der Waals surface area contributed by atoms with Gasteiger partial charge in [-0.15, -0.1) is 0 Å². The number of hydrogen-bond donors (Lipinski definition) is 1. The summed E-state index contributed by atoms with van der Waals surface area (Å²) in [4.78, 5) is 13.9. The molecule has 3 heteroatoms. The summed E-state index contributed by atoms with van der Waals surface area (Å²) >= 11 is 0. The zero-order chi connectivity index (χ0) is 13.4. The van der Waals surface area contributed by atoms with E-state index in [2.05, 4.69) is 36.2 Å².